The molecule has 1 atom stereocenters. The largest absolute Gasteiger partial charge is 0.362 e. The fourth-order valence-corrected chi connectivity index (χ4v) is 4.16. The first kappa shape index (κ1) is 16.9. The molecular weight excluding hydrogens is 346 g/mol. The Morgan fingerprint density at radius 3 is 2.88 bits per heavy atom. The highest BCUT2D eigenvalue weighted by molar-refractivity contribution is 7.89. The predicted molar refractivity (Wildman–Crippen MR) is 94.6 cm³/mol. The van der Waals surface area contributed by atoms with Crippen molar-refractivity contribution < 1.29 is 13.2 Å². The third kappa shape index (κ3) is 3.61. The highest BCUT2D eigenvalue weighted by Crippen LogP contribution is 2.29. The summed E-state index contributed by atoms with van der Waals surface area (Å²) in [6.07, 6.45) is 0.701. The number of rotatable bonds is 5. The Hall–Kier alpha value is -1.90. The molecule has 0 bridgehead atoms. The molecule has 0 aliphatic carbocycles. The number of benzene rings is 1. The SMILES string of the molecule is C[C@H](NC(=O)CN1CCc2cc(S(N)(=O)=O)ccc21)c1cccs1. The molecule has 1 amide bonds. The quantitative estimate of drug-likeness (QED) is 0.842. The van der Waals surface area contributed by atoms with E-state index in [4.69, 9.17) is 5.14 Å². The maximum Gasteiger partial charge on any atom is 0.240 e. The summed E-state index contributed by atoms with van der Waals surface area (Å²) in [7, 11) is -3.70. The molecule has 2 aromatic rings. The van der Waals surface area contributed by atoms with Gasteiger partial charge in [0.2, 0.25) is 15.9 Å². The van der Waals surface area contributed by atoms with Crippen molar-refractivity contribution in [3.8, 4) is 0 Å². The molecule has 24 heavy (non-hydrogen) atoms. The van der Waals surface area contributed by atoms with Gasteiger partial charge in [-0.1, -0.05) is 6.07 Å². The van der Waals surface area contributed by atoms with Gasteiger partial charge in [0.05, 0.1) is 17.5 Å². The van der Waals surface area contributed by atoms with Crippen LogP contribution in [0.5, 0.6) is 0 Å². The van der Waals surface area contributed by atoms with Crippen LogP contribution in [0.4, 0.5) is 5.69 Å². The summed E-state index contributed by atoms with van der Waals surface area (Å²) in [6.45, 7) is 2.89. The van der Waals surface area contributed by atoms with Gasteiger partial charge >= 0.3 is 0 Å². The van der Waals surface area contributed by atoms with E-state index < -0.39 is 10.0 Å². The van der Waals surface area contributed by atoms with Gasteiger partial charge < -0.3 is 10.2 Å². The molecular formula is C16H19N3O3S2. The predicted octanol–water partition coefficient (Wildman–Crippen LogP) is 1.64. The number of nitrogens with zero attached hydrogens (tertiary/aromatic N) is 1. The number of fused-ring (bicyclic) bond motifs is 1. The maximum atomic E-state index is 12.3. The van der Waals surface area contributed by atoms with Crippen molar-refractivity contribution in [3.63, 3.8) is 0 Å². The van der Waals surface area contributed by atoms with Crippen molar-refractivity contribution in [2.75, 3.05) is 18.0 Å². The Kier molecular flexibility index (Phi) is 4.62. The van der Waals surface area contributed by atoms with Gasteiger partial charge in [0, 0.05) is 17.1 Å². The van der Waals surface area contributed by atoms with Crippen LogP contribution in [0, 0.1) is 0 Å². The number of sulfonamides is 1. The minimum absolute atomic E-state index is 0.0238. The van der Waals surface area contributed by atoms with Crippen LogP contribution in [0.25, 0.3) is 0 Å². The van der Waals surface area contributed by atoms with E-state index >= 15 is 0 Å². The third-order valence-corrected chi connectivity index (χ3v) is 6.02. The lowest BCUT2D eigenvalue weighted by Gasteiger charge is -2.20. The Morgan fingerprint density at radius 2 is 2.21 bits per heavy atom. The number of amides is 1. The smallest absolute Gasteiger partial charge is 0.240 e. The molecule has 0 saturated heterocycles. The number of hydrogen-bond donors (Lipinski definition) is 2. The second kappa shape index (κ2) is 6.54. The zero-order valence-electron chi connectivity index (χ0n) is 13.2. The zero-order valence-corrected chi connectivity index (χ0v) is 14.9. The summed E-state index contributed by atoms with van der Waals surface area (Å²) in [6, 6.07) is 8.73. The summed E-state index contributed by atoms with van der Waals surface area (Å²) in [5, 5.41) is 10.1. The van der Waals surface area contributed by atoms with Crippen LogP contribution in [0.1, 0.15) is 23.4 Å². The van der Waals surface area contributed by atoms with Gasteiger partial charge in [0.25, 0.3) is 0 Å². The van der Waals surface area contributed by atoms with Gasteiger partial charge in [0.15, 0.2) is 0 Å². The number of primary sulfonamides is 1. The molecule has 128 valence electrons. The fourth-order valence-electron chi connectivity index (χ4n) is 2.86. The molecule has 2 heterocycles. The van der Waals surface area contributed by atoms with Gasteiger partial charge in [0.1, 0.15) is 0 Å². The lowest BCUT2D eigenvalue weighted by Crippen LogP contribution is -2.37. The fraction of sp³-hybridized carbons (Fsp3) is 0.312. The number of anilines is 1. The van der Waals surface area contributed by atoms with Crippen LogP contribution in [0.2, 0.25) is 0 Å². The average Bonchev–Trinajstić information content (AvgIpc) is 3.16. The lowest BCUT2D eigenvalue weighted by molar-refractivity contribution is -0.120. The zero-order chi connectivity index (χ0) is 17.3. The van der Waals surface area contributed by atoms with Gasteiger partial charge in [-0.2, -0.15) is 0 Å². The number of nitrogens with two attached hydrogens (primary N) is 1. The van der Waals surface area contributed by atoms with Gasteiger partial charge in [-0.3, -0.25) is 4.79 Å². The first-order valence-electron chi connectivity index (χ1n) is 7.58. The van der Waals surface area contributed by atoms with Crippen LogP contribution in [0.15, 0.2) is 40.6 Å². The van der Waals surface area contributed by atoms with Crippen LogP contribution in [-0.2, 0) is 21.2 Å². The number of nitrogens with one attached hydrogen (secondary N) is 1. The van der Waals surface area contributed by atoms with Crippen molar-refractivity contribution >= 4 is 33.0 Å². The van der Waals surface area contributed by atoms with Crippen LogP contribution < -0.4 is 15.4 Å². The van der Waals surface area contributed by atoms with Crippen LogP contribution in [0.3, 0.4) is 0 Å². The summed E-state index contributed by atoms with van der Waals surface area (Å²) < 4.78 is 22.9. The minimum atomic E-state index is -3.70. The molecule has 6 nitrogen and oxygen atoms in total. The van der Waals surface area contributed by atoms with Crippen molar-refractivity contribution in [2.45, 2.75) is 24.3 Å². The van der Waals surface area contributed by atoms with E-state index in [9.17, 15) is 13.2 Å². The summed E-state index contributed by atoms with van der Waals surface area (Å²) in [5.41, 5.74) is 1.79. The molecule has 1 aliphatic rings. The number of hydrogen-bond acceptors (Lipinski definition) is 5. The highest BCUT2D eigenvalue weighted by Gasteiger charge is 2.23. The molecule has 3 N–H and O–H groups in total. The molecule has 1 aromatic carbocycles. The first-order valence-corrected chi connectivity index (χ1v) is 10.0. The van der Waals surface area contributed by atoms with Crippen molar-refractivity contribution in [2.24, 2.45) is 5.14 Å². The standard InChI is InChI=1S/C16H19N3O3S2/c1-11(15-3-2-8-23-15)18-16(20)10-19-7-6-12-9-13(24(17,21)22)4-5-14(12)19/h2-5,8-9,11H,6-7,10H2,1H3,(H,18,20)(H2,17,21,22)/t11-/m0/s1. The van der Waals surface area contributed by atoms with Gasteiger partial charge in [-0.25, -0.2) is 13.6 Å². The van der Waals surface area contributed by atoms with Crippen molar-refractivity contribution in [3.05, 3.63) is 46.2 Å². The van der Waals surface area contributed by atoms with E-state index in [1.807, 2.05) is 29.3 Å². The summed E-state index contributed by atoms with van der Waals surface area (Å²) >= 11 is 1.61. The van der Waals surface area contributed by atoms with Crippen molar-refractivity contribution in [1.29, 1.82) is 0 Å². The minimum Gasteiger partial charge on any atom is -0.362 e. The number of carbonyl (C=O) groups excluding carboxylic acids is 1. The van der Waals surface area contributed by atoms with Gasteiger partial charge in [-0.15, -0.1) is 11.3 Å². The monoisotopic (exact) mass is 365 g/mol. The number of carbonyl (C=O) groups is 1. The Labute approximate surface area is 145 Å². The molecule has 8 heteroatoms. The first-order chi connectivity index (χ1) is 11.3. The summed E-state index contributed by atoms with van der Waals surface area (Å²) in [4.78, 5) is 15.5. The van der Waals surface area contributed by atoms with Crippen LogP contribution in [-0.4, -0.2) is 27.4 Å². The molecule has 0 unspecified atom stereocenters. The molecule has 3 rings (SSSR count). The van der Waals surface area contributed by atoms with Crippen molar-refractivity contribution in [1.82, 2.24) is 5.32 Å². The second-order valence-electron chi connectivity index (χ2n) is 5.81. The Balaban J connectivity index is 1.67. The second-order valence-corrected chi connectivity index (χ2v) is 8.35. The molecule has 1 aromatic heterocycles. The maximum absolute atomic E-state index is 12.3. The molecule has 0 saturated carbocycles. The van der Waals surface area contributed by atoms with E-state index in [1.165, 1.54) is 6.07 Å². The third-order valence-electron chi connectivity index (χ3n) is 4.05. The van der Waals surface area contributed by atoms with E-state index in [-0.39, 0.29) is 23.4 Å². The van der Waals surface area contributed by atoms with E-state index in [0.29, 0.717) is 13.0 Å². The van der Waals surface area contributed by atoms with Gasteiger partial charge in [-0.05, 0) is 48.6 Å². The van der Waals surface area contributed by atoms with E-state index in [0.717, 1.165) is 16.1 Å². The number of thiophene rings is 1. The molecule has 0 fully saturated rings. The van der Waals surface area contributed by atoms with Crippen LogP contribution >= 0.6 is 11.3 Å². The molecule has 0 spiro atoms. The molecule has 1 aliphatic heterocycles. The Morgan fingerprint density at radius 1 is 1.42 bits per heavy atom. The van der Waals surface area contributed by atoms with E-state index in [2.05, 4.69) is 5.32 Å². The van der Waals surface area contributed by atoms with E-state index in [1.54, 1.807) is 23.5 Å². The lowest BCUT2D eigenvalue weighted by atomic mass is 10.2. The average molecular weight is 365 g/mol. The summed E-state index contributed by atoms with van der Waals surface area (Å²) in [5.74, 6) is -0.0562. The normalized spacial score (nSPS) is 15.2. The molecule has 0 radical (unpaired) electrons. The topological polar surface area (TPSA) is 92.5 Å². The highest BCUT2D eigenvalue weighted by atomic mass is 32.2. The Bertz CT molecular complexity index is 847.